The van der Waals surface area contributed by atoms with Crippen molar-refractivity contribution >= 4 is 12.2 Å². The lowest BCUT2D eigenvalue weighted by molar-refractivity contribution is 0.438. The van der Waals surface area contributed by atoms with Gasteiger partial charge in [0.25, 0.3) is 0 Å². The van der Waals surface area contributed by atoms with Gasteiger partial charge in [0.05, 0.1) is 0 Å². The summed E-state index contributed by atoms with van der Waals surface area (Å²) in [5.74, 6) is 0. The van der Waals surface area contributed by atoms with Crippen molar-refractivity contribution in [1.82, 2.24) is 0 Å². The maximum atomic E-state index is 2.39. The lowest BCUT2D eigenvalue weighted by Crippen LogP contribution is -2.24. The van der Waals surface area contributed by atoms with Crippen molar-refractivity contribution in [2.75, 3.05) is 0 Å². The molecule has 110 valence electrons. The third kappa shape index (κ3) is 1.98. The van der Waals surface area contributed by atoms with Crippen LogP contribution in [-0.2, 0) is 10.8 Å². The van der Waals surface area contributed by atoms with Gasteiger partial charge in [0.2, 0.25) is 0 Å². The summed E-state index contributed by atoms with van der Waals surface area (Å²) in [6, 6.07) is 17.6. The van der Waals surface area contributed by atoms with E-state index in [0.29, 0.717) is 0 Å². The van der Waals surface area contributed by atoms with Crippen LogP contribution in [0.25, 0.3) is 12.2 Å². The number of rotatable bonds is 3. The van der Waals surface area contributed by atoms with E-state index in [4.69, 9.17) is 0 Å². The summed E-state index contributed by atoms with van der Waals surface area (Å²) in [5.41, 5.74) is 6.08. The van der Waals surface area contributed by atoms with Crippen LogP contribution in [0, 0.1) is 0 Å². The zero-order chi connectivity index (χ0) is 15.2. The summed E-state index contributed by atoms with van der Waals surface area (Å²) in [5, 5.41) is 0. The Morgan fingerprint density at radius 2 is 1.05 bits per heavy atom. The Labute approximate surface area is 133 Å². The van der Waals surface area contributed by atoms with E-state index in [9.17, 15) is 0 Å². The van der Waals surface area contributed by atoms with Gasteiger partial charge in [-0.2, -0.15) is 0 Å². The molecule has 2 aromatic carbocycles. The molecule has 22 heavy (non-hydrogen) atoms. The van der Waals surface area contributed by atoms with Crippen molar-refractivity contribution in [2.45, 2.75) is 37.5 Å². The quantitative estimate of drug-likeness (QED) is 0.675. The number of benzene rings is 2. The average Bonchev–Trinajstić information content (AvgIpc) is 3.07. The number of hydrogen-bond acceptors (Lipinski definition) is 0. The number of hydrogen-bond donors (Lipinski definition) is 0. The SMILES string of the molecule is CC1(CCC2(C)C=Cc3ccccc32)C=Cc2ccccc21. The van der Waals surface area contributed by atoms with E-state index in [2.05, 4.69) is 86.7 Å². The molecule has 0 saturated heterocycles. The summed E-state index contributed by atoms with van der Waals surface area (Å²) in [7, 11) is 0. The Hall–Kier alpha value is -2.08. The summed E-state index contributed by atoms with van der Waals surface area (Å²) in [4.78, 5) is 0. The molecule has 0 saturated carbocycles. The minimum atomic E-state index is 0.172. The van der Waals surface area contributed by atoms with Crippen LogP contribution in [0.2, 0.25) is 0 Å². The Morgan fingerprint density at radius 3 is 1.50 bits per heavy atom. The van der Waals surface area contributed by atoms with E-state index in [1.54, 1.807) is 0 Å². The molecule has 0 amide bonds. The molecule has 2 aliphatic carbocycles. The predicted octanol–water partition coefficient (Wildman–Crippen LogP) is 5.74. The van der Waals surface area contributed by atoms with Crippen molar-refractivity contribution in [3.63, 3.8) is 0 Å². The molecule has 0 heteroatoms. The van der Waals surface area contributed by atoms with Crippen LogP contribution in [0.4, 0.5) is 0 Å². The monoisotopic (exact) mass is 286 g/mol. The topological polar surface area (TPSA) is 0 Å². The molecular formula is C22H22. The summed E-state index contributed by atoms with van der Waals surface area (Å²) >= 11 is 0. The molecule has 0 heterocycles. The molecule has 0 aliphatic heterocycles. The Morgan fingerprint density at radius 1 is 0.636 bits per heavy atom. The summed E-state index contributed by atoms with van der Waals surface area (Å²) < 4.78 is 0. The lowest BCUT2D eigenvalue weighted by atomic mass is 9.73. The summed E-state index contributed by atoms with van der Waals surface area (Å²) in [6.45, 7) is 4.76. The first kappa shape index (κ1) is 13.6. The number of allylic oxidation sites excluding steroid dienone is 2. The highest BCUT2D eigenvalue weighted by Crippen LogP contribution is 2.45. The molecule has 2 aliphatic rings. The van der Waals surface area contributed by atoms with Crippen LogP contribution in [-0.4, -0.2) is 0 Å². The smallest absolute Gasteiger partial charge is 0.0113 e. The van der Waals surface area contributed by atoms with Gasteiger partial charge in [0, 0.05) is 10.8 Å². The Bertz CT molecular complexity index is 713. The minimum absolute atomic E-state index is 0.172. The van der Waals surface area contributed by atoms with Gasteiger partial charge in [-0.15, -0.1) is 0 Å². The van der Waals surface area contributed by atoms with E-state index in [1.807, 2.05) is 0 Å². The maximum Gasteiger partial charge on any atom is 0.0113 e. The molecule has 0 aromatic heterocycles. The largest absolute Gasteiger partial charge is 0.0736 e. The molecule has 0 radical (unpaired) electrons. The molecule has 0 nitrogen and oxygen atoms in total. The fourth-order valence-corrected chi connectivity index (χ4v) is 4.01. The predicted molar refractivity (Wildman–Crippen MR) is 94.9 cm³/mol. The van der Waals surface area contributed by atoms with E-state index >= 15 is 0 Å². The molecule has 2 atom stereocenters. The van der Waals surface area contributed by atoms with Crippen molar-refractivity contribution in [1.29, 1.82) is 0 Å². The maximum absolute atomic E-state index is 2.39. The molecule has 0 bridgehead atoms. The fraction of sp³-hybridized carbons (Fsp3) is 0.273. The van der Waals surface area contributed by atoms with Crippen molar-refractivity contribution in [3.05, 3.63) is 82.9 Å². The Balaban J connectivity index is 1.60. The van der Waals surface area contributed by atoms with E-state index < -0.39 is 0 Å². The lowest BCUT2D eigenvalue weighted by Gasteiger charge is -2.31. The third-order valence-electron chi connectivity index (χ3n) is 5.58. The van der Waals surface area contributed by atoms with Gasteiger partial charge in [0.1, 0.15) is 0 Å². The zero-order valence-electron chi connectivity index (χ0n) is 13.3. The second-order valence-electron chi connectivity index (χ2n) is 7.18. The fourth-order valence-electron chi connectivity index (χ4n) is 4.01. The van der Waals surface area contributed by atoms with E-state index in [-0.39, 0.29) is 10.8 Å². The third-order valence-corrected chi connectivity index (χ3v) is 5.58. The first-order chi connectivity index (χ1) is 10.6. The second-order valence-corrected chi connectivity index (χ2v) is 7.18. The van der Waals surface area contributed by atoms with Crippen LogP contribution in [0.15, 0.2) is 60.7 Å². The normalized spacial score (nSPS) is 27.9. The molecule has 0 fully saturated rings. The average molecular weight is 286 g/mol. The van der Waals surface area contributed by atoms with Crippen LogP contribution in [0.5, 0.6) is 0 Å². The highest BCUT2D eigenvalue weighted by atomic mass is 14.4. The first-order valence-electron chi connectivity index (χ1n) is 8.18. The Kier molecular flexibility index (Phi) is 2.91. The summed E-state index contributed by atoms with van der Waals surface area (Å²) in [6.07, 6.45) is 11.7. The van der Waals surface area contributed by atoms with Crippen LogP contribution >= 0.6 is 0 Å². The molecule has 4 rings (SSSR count). The second kappa shape index (κ2) is 4.71. The zero-order valence-corrected chi connectivity index (χ0v) is 13.3. The molecule has 2 aromatic rings. The van der Waals surface area contributed by atoms with Gasteiger partial charge < -0.3 is 0 Å². The molecule has 0 spiro atoms. The van der Waals surface area contributed by atoms with Gasteiger partial charge in [-0.05, 0) is 35.1 Å². The van der Waals surface area contributed by atoms with Crippen LogP contribution in [0.1, 0.15) is 48.9 Å². The van der Waals surface area contributed by atoms with E-state index in [1.165, 1.54) is 35.1 Å². The van der Waals surface area contributed by atoms with Crippen LogP contribution < -0.4 is 0 Å². The first-order valence-corrected chi connectivity index (χ1v) is 8.18. The van der Waals surface area contributed by atoms with Crippen molar-refractivity contribution in [3.8, 4) is 0 Å². The van der Waals surface area contributed by atoms with Gasteiger partial charge in [-0.3, -0.25) is 0 Å². The minimum Gasteiger partial charge on any atom is -0.0736 e. The molecule has 0 N–H and O–H groups in total. The van der Waals surface area contributed by atoms with Gasteiger partial charge in [-0.1, -0.05) is 86.7 Å². The van der Waals surface area contributed by atoms with E-state index in [0.717, 1.165) is 0 Å². The molecular weight excluding hydrogens is 264 g/mol. The van der Waals surface area contributed by atoms with Gasteiger partial charge in [0.15, 0.2) is 0 Å². The van der Waals surface area contributed by atoms with Crippen LogP contribution in [0.3, 0.4) is 0 Å². The standard InChI is InChI=1S/C22H22/c1-21(13-11-17-7-3-5-9-19(17)21)15-16-22(2)14-12-18-8-4-6-10-20(18)22/h3-14H,15-16H2,1-2H3. The molecule has 2 unspecified atom stereocenters. The van der Waals surface area contributed by atoms with Crippen molar-refractivity contribution in [2.24, 2.45) is 0 Å². The number of fused-ring (bicyclic) bond motifs is 2. The van der Waals surface area contributed by atoms with Crippen molar-refractivity contribution < 1.29 is 0 Å². The van der Waals surface area contributed by atoms with Gasteiger partial charge in [-0.25, -0.2) is 0 Å². The highest BCUT2D eigenvalue weighted by molar-refractivity contribution is 5.66. The highest BCUT2D eigenvalue weighted by Gasteiger charge is 2.35. The van der Waals surface area contributed by atoms with Gasteiger partial charge >= 0.3 is 0 Å².